The van der Waals surface area contributed by atoms with Gasteiger partial charge in [-0.25, -0.2) is 0 Å². The van der Waals surface area contributed by atoms with Gasteiger partial charge < -0.3 is 19.7 Å². The van der Waals surface area contributed by atoms with Gasteiger partial charge in [0, 0.05) is 16.7 Å². The maximum absolute atomic E-state index is 13.2. The number of aliphatic hydroxyl groups excluding tert-OH is 2. The molecule has 1 saturated heterocycles. The van der Waals surface area contributed by atoms with E-state index in [1.54, 1.807) is 19.9 Å². The number of fused-ring (bicyclic) bond motifs is 5. The van der Waals surface area contributed by atoms with Gasteiger partial charge in [0.2, 0.25) is 0 Å². The van der Waals surface area contributed by atoms with Gasteiger partial charge in [-0.05, 0) is 64.4 Å². The fraction of sp³-hybridized carbons (Fsp3) is 0.760. The largest absolute Gasteiger partial charge is 0.393 e. The Hall–Kier alpha value is -1.34. The average molecular weight is 433 g/mol. The van der Waals surface area contributed by atoms with Crippen LogP contribution < -0.4 is 0 Å². The Kier molecular flexibility index (Phi) is 5.41. The number of allylic oxidation sites excluding steroid dienone is 4. The zero-order valence-electron chi connectivity index (χ0n) is 19.3. The third-order valence-electron chi connectivity index (χ3n) is 8.92. The summed E-state index contributed by atoms with van der Waals surface area (Å²) in [4.78, 5) is 24.5. The van der Waals surface area contributed by atoms with Crippen LogP contribution in [0.3, 0.4) is 0 Å². The Morgan fingerprint density at radius 3 is 2.58 bits per heavy atom. The van der Waals surface area contributed by atoms with Gasteiger partial charge in [0.1, 0.15) is 12.9 Å². The zero-order valence-corrected chi connectivity index (χ0v) is 19.3. The summed E-state index contributed by atoms with van der Waals surface area (Å²) < 4.78 is 12.6. The lowest BCUT2D eigenvalue weighted by Gasteiger charge is -2.59. The monoisotopic (exact) mass is 432 g/mol. The number of ether oxygens (including phenoxy) is 2. The molecule has 4 rings (SSSR count). The minimum Gasteiger partial charge on any atom is -0.393 e. The smallest absolute Gasteiger partial charge is 0.193 e. The van der Waals surface area contributed by atoms with Gasteiger partial charge in [-0.15, -0.1) is 0 Å². The molecule has 0 bridgehead atoms. The van der Waals surface area contributed by atoms with Crippen molar-refractivity contribution in [1.82, 2.24) is 0 Å². The van der Waals surface area contributed by atoms with E-state index in [1.807, 2.05) is 19.9 Å². The maximum atomic E-state index is 13.2. The van der Waals surface area contributed by atoms with E-state index in [4.69, 9.17) is 9.47 Å². The highest BCUT2D eigenvalue weighted by atomic mass is 16.8. The van der Waals surface area contributed by atoms with E-state index in [0.717, 1.165) is 24.7 Å². The van der Waals surface area contributed by atoms with Crippen LogP contribution in [0.5, 0.6) is 0 Å². The van der Waals surface area contributed by atoms with Crippen LogP contribution in [0.2, 0.25) is 0 Å². The van der Waals surface area contributed by atoms with Gasteiger partial charge in [0.15, 0.2) is 17.2 Å². The molecule has 172 valence electrons. The van der Waals surface area contributed by atoms with Crippen LogP contribution in [-0.4, -0.2) is 52.5 Å². The second-order valence-electron chi connectivity index (χ2n) is 10.8. The molecule has 0 amide bonds. The SMILES string of the molecule is C/C=C\C1(C)/C(=C\C=O)CCC2C1C(O)CC1(C)C2CC2OC(C)(C)OC21C(=O)CO. The van der Waals surface area contributed by atoms with Crippen LogP contribution in [0.1, 0.15) is 60.3 Å². The molecule has 6 heteroatoms. The number of aldehydes is 1. The quantitative estimate of drug-likeness (QED) is 0.403. The first-order chi connectivity index (χ1) is 14.5. The van der Waals surface area contributed by atoms with Crippen LogP contribution in [-0.2, 0) is 19.1 Å². The van der Waals surface area contributed by atoms with Crippen molar-refractivity contribution in [2.24, 2.45) is 28.6 Å². The lowest BCUT2D eigenvalue weighted by Crippen LogP contribution is -2.63. The van der Waals surface area contributed by atoms with Crippen LogP contribution in [0.15, 0.2) is 23.8 Å². The molecule has 1 aliphatic heterocycles. The molecule has 0 aromatic carbocycles. The molecule has 3 saturated carbocycles. The summed E-state index contributed by atoms with van der Waals surface area (Å²) in [5.41, 5.74) is -1.27. The average Bonchev–Trinajstić information content (AvgIpc) is 3.09. The van der Waals surface area contributed by atoms with Gasteiger partial charge in [-0.2, -0.15) is 0 Å². The number of rotatable bonds is 4. The molecule has 1 heterocycles. The second kappa shape index (κ2) is 7.34. The van der Waals surface area contributed by atoms with Crippen molar-refractivity contribution in [3.8, 4) is 0 Å². The summed E-state index contributed by atoms with van der Waals surface area (Å²) in [6.45, 7) is 9.12. The van der Waals surface area contributed by atoms with E-state index in [2.05, 4.69) is 13.0 Å². The standard InChI is InChI=1S/C25H36O6/c1-6-10-23(4)15(9-11-26)7-8-16-17-12-20-25(19(29)14-27,31-22(2,3)30-20)24(17,5)13-18(28)21(16)23/h6,9-11,16-18,20-21,27-28H,7-8,12-14H2,1-5H3/b10-6-,15-9-. The normalized spacial score (nSPS) is 49.6. The fourth-order valence-corrected chi connectivity index (χ4v) is 8.03. The molecule has 0 radical (unpaired) electrons. The molecule has 0 spiro atoms. The number of hydrogen-bond donors (Lipinski definition) is 2. The molecule has 4 aliphatic rings. The summed E-state index contributed by atoms with van der Waals surface area (Å²) in [5, 5.41) is 21.4. The molecule has 8 unspecified atom stereocenters. The first-order valence-corrected chi connectivity index (χ1v) is 11.5. The van der Waals surface area contributed by atoms with Crippen LogP contribution >= 0.6 is 0 Å². The second-order valence-corrected chi connectivity index (χ2v) is 10.8. The Morgan fingerprint density at radius 2 is 1.97 bits per heavy atom. The Bertz CT molecular complexity index is 830. The van der Waals surface area contributed by atoms with Crippen molar-refractivity contribution in [3.63, 3.8) is 0 Å². The molecular weight excluding hydrogens is 396 g/mol. The van der Waals surface area contributed by atoms with Gasteiger partial charge in [-0.3, -0.25) is 9.59 Å². The predicted octanol–water partition coefficient (Wildman–Crippen LogP) is 2.96. The van der Waals surface area contributed by atoms with Gasteiger partial charge in [0.25, 0.3) is 0 Å². The lowest BCUT2D eigenvalue weighted by atomic mass is 9.46. The highest BCUT2D eigenvalue weighted by Crippen LogP contribution is 2.70. The van der Waals surface area contributed by atoms with Crippen LogP contribution in [0.25, 0.3) is 0 Å². The molecule has 0 aromatic rings. The van der Waals surface area contributed by atoms with E-state index < -0.39 is 41.0 Å². The summed E-state index contributed by atoms with van der Waals surface area (Å²) in [5.74, 6) is -1.07. The van der Waals surface area contributed by atoms with E-state index in [9.17, 15) is 19.8 Å². The minimum atomic E-state index is -1.25. The number of ketones is 1. The van der Waals surface area contributed by atoms with Crippen molar-refractivity contribution in [1.29, 1.82) is 0 Å². The Balaban J connectivity index is 1.81. The topological polar surface area (TPSA) is 93.1 Å². The highest BCUT2D eigenvalue weighted by molar-refractivity contribution is 5.91. The van der Waals surface area contributed by atoms with Crippen molar-refractivity contribution in [2.75, 3.05) is 6.61 Å². The minimum absolute atomic E-state index is 0.0603. The summed E-state index contributed by atoms with van der Waals surface area (Å²) in [6.07, 6.45) is 8.18. The number of aliphatic hydroxyl groups is 2. The van der Waals surface area contributed by atoms with Crippen molar-refractivity contribution in [2.45, 2.75) is 83.9 Å². The van der Waals surface area contributed by atoms with Crippen molar-refractivity contribution >= 4 is 12.1 Å². The lowest BCUT2D eigenvalue weighted by molar-refractivity contribution is -0.225. The summed E-state index contributed by atoms with van der Waals surface area (Å²) in [6, 6.07) is 0. The molecule has 0 aromatic heterocycles. The van der Waals surface area contributed by atoms with Crippen LogP contribution in [0, 0.1) is 28.6 Å². The number of carbonyl (C=O) groups is 2. The summed E-state index contributed by atoms with van der Waals surface area (Å²) in [7, 11) is 0. The van der Waals surface area contributed by atoms with Crippen molar-refractivity contribution in [3.05, 3.63) is 23.8 Å². The number of hydrogen-bond acceptors (Lipinski definition) is 6. The third kappa shape index (κ3) is 2.91. The number of carbonyl (C=O) groups excluding carboxylic acids is 2. The maximum Gasteiger partial charge on any atom is 0.193 e. The highest BCUT2D eigenvalue weighted by Gasteiger charge is 2.76. The number of Topliss-reactive ketones (excluding diaryl/α,β-unsaturated/α-hetero) is 1. The molecule has 3 aliphatic carbocycles. The molecule has 6 nitrogen and oxygen atoms in total. The van der Waals surface area contributed by atoms with E-state index in [-0.39, 0.29) is 23.5 Å². The first-order valence-electron chi connectivity index (χ1n) is 11.5. The van der Waals surface area contributed by atoms with E-state index in [0.29, 0.717) is 12.8 Å². The Labute approximate surface area is 184 Å². The van der Waals surface area contributed by atoms with Crippen molar-refractivity contribution < 1.29 is 29.3 Å². The molecule has 4 fully saturated rings. The Morgan fingerprint density at radius 1 is 1.26 bits per heavy atom. The molecule has 31 heavy (non-hydrogen) atoms. The van der Waals surface area contributed by atoms with E-state index >= 15 is 0 Å². The first kappa shape index (κ1) is 22.8. The predicted molar refractivity (Wildman–Crippen MR) is 115 cm³/mol. The molecule has 8 atom stereocenters. The van der Waals surface area contributed by atoms with Gasteiger partial charge in [0.05, 0.1) is 12.2 Å². The molecule has 2 N–H and O–H groups in total. The van der Waals surface area contributed by atoms with Gasteiger partial charge >= 0.3 is 0 Å². The van der Waals surface area contributed by atoms with Crippen LogP contribution in [0.4, 0.5) is 0 Å². The fourth-order valence-electron chi connectivity index (χ4n) is 8.03. The zero-order chi connectivity index (χ0) is 22.8. The third-order valence-corrected chi connectivity index (χ3v) is 8.92. The van der Waals surface area contributed by atoms with E-state index in [1.165, 1.54) is 0 Å². The molecular formula is C25H36O6. The van der Waals surface area contributed by atoms with Gasteiger partial charge in [-0.1, -0.05) is 31.6 Å². The summed E-state index contributed by atoms with van der Waals surface area (Å²) >= 11 is 0.